The van der Waals surface area contributed by atoms with Gasteiger partial charge in [-0.15, -0.1) is 0 Å². The summed E-state index contributed by atoms with van der Waals surface area (Å²) in [5, 5.41) is 5.53. The predicted octanol–water partition coefficient (Wildman–Crippen LogP) is 0.806. The number of nitrogens with zero attached hydrogens (tertiary/aromatic N) is 1. The quantitative estimate of drug-likeness (QED) is 0.731. The molecule has 0 saturated heterocycles. The summed E-state index contributed by atoms with van der Waals surface area (Å²) in [7, 11) is 0. The maximum atomic E-state index is 11.5. The second-order valence-electron chi connectivity index (χ2n) is 3.45. The Labute approximate surface area is 106 Å². The largest absolute Gasteiger partial charge is 0.465 e. The molecule has 0 spiro atoms. The molecule has 1 aromatic rings. The molecule has 0 fully saturated rings. The number of hydrogen-bond acceptors (Lipinski definition) is 5. The lowest BCUT2D eigenvalue weighted by Crippen LogP contribution is -2.24. The Kier molecular flexibility index (Phi) is 5.63. The average Bonchev–Trinajstić information content (AvgIpc) is 2.37. The summed E-state index contributed by atoms with van der Waals surface area (Å²) in [5.41, 5.74) is 0.963. The molecule has 98 valence electrons. The normalized spacial score (nSPS) is 9.67. The summed E-state index contributed by atoms with van der Waals surface area (Å²) in [6, 6.07) is 3.27. The fourth-order valence-corrected chi connectivity index (χ4v) is 1.30. The van der Waals surface area contributed by atoms with E-state index >= 15 is 0 Å². The zero-order chi connectivity index (χ0) is 13.4. The molecule has 1 aromatic heterocycles. The van der Waals surface area contributed by atoms with Gasteiger partial charge < -0.3 is 15.4 Å². The number of carbonyl (C=O) groups excluding carboxylic acids is 2. The van der Waals surface area contributed by atoms with Crippen LogP contribution in [0.25, 0.3) is 0 Å². The first-order chi connectivity index (χ1) is 8.67. The molecule has 1 rings (SSSR count). The molecule has 18 heavy (non-hydrogen) atoms. The van der Waals surface area contributed by atoms with Crippen LogP contribution in [0, 0.1) is 0 Å². The van der Waals surface area contributed by atoms with E-state index in [4.69, 9.17) is 4.74 Å². The summed E-state index contributed by atoms with van der Waals surface area (Å²) in [6.45, 7) is 4.53. The van der Waals surface area contributed by atoms with Gasteiger partial charge in [0.25, 0.3) is 5.91 Å². The van der Waals surface area contributed by atoms with Crippen LogP contribution in [0.5, 0.6) is 0 Å². The monoisotopic (exact) mass is 251 g/mol. The van der Waals surface area contributed by atoms with E-state index in [-0.39, 0.29) is 18.4 Å². The molecule has 1 amide bonds. The van der Waals surface area contributed by atoms with E-state index in [2.05, 4.69) is 15.6 Å². The van der Waals surface area contributed by atoms with E-state index in [1.165, 1.54) is 6.20 Å². The molecular formula is C12H17N3O3. The molecule has 0 bridgehead atoms. The topological polar surface area (TPSA) is 80.3 Å². The van der Waals surface area contributed by atoms with Gasteiger partial charge in [-0.1, -0.05) is 0 Å². The van der Waals surface area contributed by atoms with E-state index < -0.39 is 0 Å². The number of hydrogen-bond donors (Lipinski definition) is 2. The first kappa shape index (κ1) is 14.0. The van der Waals surface area contributed by atoms with E-state index in [1.54, 1.807) is 19.1 Å². The third-order valence-corrected chi connectivity index (χ3v) is 2.07. The number of aromatic nitrogens is 1. The molecule has 1 heterocycles. The molecule has 0 saturated carbocycles. The van der Waals surface area contributed by atoms with Gasteiger partial charge in [-0.3, -0.25) is 14.6 Å². The summed E-state index contributed by atoms with van der Waals surface area (Å²) < 4.78 is 4.78. The van der Waals surface area contributed by atoms with Crippen LogP contribution in [0.15, 0.2) is 18.3 Å². The summed E-state index contributed by atoms with van der Waals surface area (Å²) >= 11 is 0. The standard InChI is InChI=1S/C12H17N3O3/c1-3-13-12(17)10-7-9(5-6-14-10)15-8-11(16)18-4-2/h5-7H,3-4,8H2,1-2H3,(H,13,17)(H,14,15). The van der Waals surface area contributed by atoms with E-state index in [0.29, 0.717) is 24.5 Å². The van der Waals surface area contributed by atoms with Crippen LogP contribution in [-0.4, -0.2) is 36.6 Å². The van der Waals surface area contributed by atoms with Crippen molar-refractivity contribution in [3.63, 3.8) is 0 Å². The van der Waals surface area contributed by atoms with Crippen LogP contribution in [-0.2, 0) is 9.53 Å². The summed E-state index contributed by atoms with van der Waals surface area (Å²) in [6.07, 6.45) is 1.51. The lowest BCUT2D eigenvalue weighted by atomic mass is 10.3. The highest BCUT2D eigenvalue weighted by atomic mass is 16.5. The molecule has 0 aliphatic rings. The molecular weight excluding hydrogens is 234 g/mol. The molecule has 2 N–H and O–H groups in total. The molecule has 0 aliphatic carbocycles. The lowest BCUT2D eigenvalue weighted by Gasteiger charge is -2.07. The van der Waals surface area contributed by atoms with Gasteiger partial charge in [-0.05, 0) is 26.0 Å². The van der Waals surface area contributed by atoms with Crippen molar-refractivity contribution in [3.05, 3.63) is 24.0 Å². The molecule has 0 atom stereocenters. The van der Waals surface area contributed by atoms with Gasteiger partial charge in [0.1, 0.15) is 12.2 Å². The van der Waals surface area contributed by atoms with Crippen molar-refractivity contribution in [1.29, 1.82) is 0 Å². The minimum absolute atomic E-state index is 0.0622. The van der Waals surface area contributed by atoms with E-state index in [1.807, 2.05) is 6.92 Å². The minimum Gasteiger partial charge on any atom is -0.465 e. The third-order valence-electron chi connectivity index (χ3n) is 2.07. The fourth-order valence-electron chi connectivity index (χ4n) is 1.30. The minimum atomic E-state index is -0.339. The number of anilines is 1. The smallest absolute Gasteiger partial charge is 0.325 e. The summed E-state index contributed by atoms with van der Waals surface area (Å²) in [4.78, 5) is 26.7. The van der Waals surface area contributed by atoms with Crippen molar-refractivity contribution in [2.45, 2.75) is 13.8 Å². The number of carbonyl (C=O) groups is 2. The zero-order valence-corrected chi connectivity index (χ0v) is 10.5. The van der Waals surface area contributed by atoms with Crippen molar-refractivity contribution in [2.24, 2.45) is 0 Å². The average molecular weight is 251 g/mol. The SMILES string of the molecule is CCNC(=O)c1cc(NCC(=O)OCC)ccn1. The highest BCUT2D eigenvalue weighted by Gasteiger charge is 2.07. The van der Waals surface area contributed by atoms with E-state index in [9.17, 15) is 9.59 Å². The Morgan fingerprint density at radius 2 is 2.17 bits per heavy atom. The van der Waals surface area contributed by atoms with Crippen molar-refractivity contribution < 1.29 is 14.3 Å². The second-order valence-corrected chi connectivity index (χ2v) is 3.45. The highest BCUT2D eigenvalue weighted by molar-refractivity contribution is 5.93. The van der Waals surface area contributed by atoms with Gasteiger partial charge in [-0.2, -0.15) is 0 Å². The van der Waals surface area contributed by atoms with Crippen molar-refractivity contribution in [2.75, 3.05) is 25.0 Å². The molecule has 0 unspecified atom stereocenters. The fraction of sp³-hybridized carbons (Fsp3) is 0.417. The molecule has 0 aromatic carbocycles. The Bertz CT molecular complexity index is 421. The molecule has 0 aliphatic heterocycles. The van der Waals surface area contributed by atoms with Gasteiger partial charge in [0.15, 0.2) is 0 Å². The van der Waals surface area contributed by atoms with Gasteiger partial charge in [-0.25, -0.2) is 0 Å². The maximum Gasteiger partial charge on any atom is 0.325 e. The number of rotatable bonds is 6. The van der Waals surface area contributed by atoms with Crippen LogP contribution >= 0.6 is 0 Å². The van der Waals surface area contributed by atoms with Gasteiger partial charge in [0.05, 0.1) is 6.61 Å². The first-order valence-corrected chi connectivity index (χ1v) is 5.81. The van der Waals surface area contributed by atoms with Crippen molar-refractivity contribution in [1.82, 2.24) is 10.3 Å². The van der Waals surface area contributed by atoms with Crippen LogP contribution in [0.2, 0.25) is 0 Å². The first-order valence-electron chi connectivity index (χ1n) is 5.81. The number of pyridine rings is 1. The van der Waals surface area contributed by atoms with Gasteiger partial charge >= 0.3 is 5.97 Å². The van der Waals surface area contributed by atoms with Crippen molar-refractivity contribution >= 4 is 17.6 Å². The number of esters is 1. The van der Waals surface area contributed by atoms with Crippen LogP contribution in [0.4, 0.5) is 5.69 Å². The van der Waals surface area contributed by atoms with Gasteiger partial charge in [0.2, 0.25) is 0 Å². The second kappa shape index (κ2) is 7.26. The number of amides is 1. The molecule has 6 nitrogen and oxygen atoms in total. The van der Waals surface area contributed by atoms with Crippen molar-refractivity contribution in [3.8, 4) is 0 Å². The Hall–Kier alpha value is -2.11. The van der Waals surface area contributed by atoms with E-state index in [0.717, 1.165) is 0 Å². The molecule has 0 radical (unpaired) electrons. The Balaban J connectivity index is 2.59. The van der Waals surface area contributed by atoms with Crippen LogP contribution in [0.3, 0.4) is 0 Å². The number of ether oxygens (including phenoxy) is 1. The van der Waals surface area contributed by atoms with Gasteiger partial charge in [0, 0.05) is 18.4 Å². The third kappa shape index (κ3) is 4.40. The predicted molar refractivity (Wildman–Crippen MR) is 67.4 cm³/mol. The lowest BCUT2D eigenvalue weighted by molar-refractivity contribution is -0.140. The highest BCUT2D eigenvalue weighted by Crippen LogP contribution is 2.07. The Morgan fingerprint density at radius 1 is 1.39 bits per heavy atom. The van der Waals surface area contributed by atoms with Crippen LogP contribution < -0.4 is 10.6 Å². The summed E-state index contributed by atoms with van der Waals surface area (Å²) in [5.74, 6) is -0.578. The zero-order valence-electron chi connectivity index (χ0n) is 10.5. The number of nitrogens with one attached hydrogen (secondary N) is 2. The Morgan fingerprint density at radius 3 is 2.83 bits per heavy atom. The maximum absolute atomic E-state index is 11.5. The molecule has 6 heteroatoms. The van der Waals surface area contributed by atoms with Crippen LogP contribution in [0.1, 0.15) is 24.3 Å².